The lowest BCUT2D eigenvalue weighted by Gasteiger charge is -2.43. The van der Waals surface area contributed by atoms with E-state index in [9.17, 15) is 4.79 Å². The summed E-state index contributed by atoms with van der Waals surface area (Å²) in [5, 5.41) is 6.91. The summed E-state index contributed by atoms with van der Waals surface area (Å²) in [5.41, 5.74) is 27.6. The van der Waals surface area contributed by atoms with Crippen molar-refractivity contribution in [3.8, 4) is 0 Å². The second-order valence-electron chi connectivity index (χ2n) is 17.9. The number of ether oxygens (including phenoxy) is 1. The number of fused-ring (bicyclic) bond motifs is 1. The van der Waals surface area contributed by atoms with Crippen LogP contribution in [-0.2, 0) is 26.8 Å². The molecule has 52 heavy (non-hydrogen) atoms. The fourth-order valence-corrected chi connectivity index (χ4v) is 15.5. The molecule has 5 heteroatoms. The molecule has 0 amide bonds. The molecule has 2 saturated carbocycles. The van der Waals surface area contributed by atoms with Gasteiger partial charge in [-0.15, -0.1) is 0 Å². The maximum absolute atomic E-state index is 13.2. The van der Waals surface area contributed by atoms with Crippen molar-refractivity contribution in [3.05, 3.63) is 139 Å². The highest BCUT2D eigenvalue weighted by atomic mass is 16.5. The third-order valence-electron chi connectivity index (χ3n) is 16.4. The highest BCUT2D eigenvalue weighted by Gasteiger charge is 2.92. The molecule has 0 radical (unpaired) electrons. The Balaban J connectivity index is 1.07. The van der Waals surface area contributed by atoms with Crippen molar-refractivity contribution in [2.45, 2.75) is 80.5 Å². The number of carbonyl (C=O) groups excluding carboxylic acids is 1. The smallest absolute Gasteiger partial charge is 0.305 e. The van der Waals surface area contributed by atoms with Crippen LogP contribution in [0.4, 0.5) is 0 Å². The Morgan fingerprint density at radius 1 is 1.08 bits per heavy atom. The van der Waals surface area contributed by atoms with Crippen LogP contribution in [0.3, 0.4) is 0 Å². The van der Waals surface area contributed by atoms with Crippen molar-refractivity contribution in [1.29, 1.82) is 0 Å². The van der Waals surface area contributed by atoms with E-state index in [4.69, 9.17) is 16.8 Å². The summed E-state index contributed by atoms with van der Waals surface area (Å²) in [6, 6.07) is 14.1. The average Bonchev–Trinajstić information content (AvgIpc) is 3.63. The van der Waals surface area contributed by atoms with E-state index < -0.39 is 0 Å². The molecule has 10 aliphatic carbocycles. The monoisotopic (exact) mass is 679 g/mol. The number of benzene rings is 3. The number of rotatable bonds is 9. The van der Waals surface area contributed by atoms with E-state index in [2.05, 4.69) is 83.7 Å². The van der Waals surface area contributed by atoms with E-state index in [-0.39, 0.29) is 22.2 Å². The van der Waals surface area contributed by atoms with Crippen molar-refractivity contribution in [2.75, 3.05) is 13.2 Å². The van der Waals surface area contributed by atoms with Crippen LogP contribution in [0.2, 0.25) is 0 Å². The zero-order valence-electron chi connectivity index (χ0n) is 29.6. The van der Waals surface area contributed by atoms with Gasteiger partial charge in [-0.25, -0.2) is 0 Å². The van der Waals surface area contributed by atoms with Crippen LogP contribution in [-0.4, -0.2) is 19.1 Å². The third kappa shape index (κ3) is 2.75. The highest BCUT2D eigenvalue weighted by Crippen LogP contribution is 2.94. The number of hydrogen-bond acceptors (Lipinski definition) is 3. The van der Waals surface area contributed by atoms with Gasteiger partial charge in [-0.2, -0.15) is 0 Å². The Bertz CT molecular complexity index is 2500. The number of carbonyl (C=O) groups is 1. The van der Waals surface area contributed by atoms with E-state index in [1.165, 1.54) is 29.5 Å². The van der Waals surface area contributed by atoms with Gasteiger partial charge in [-0.05, 0) is 146 Å². The van der Waals surface area contributed by atoms with Gasteiger partial charge in [0.25, 0.3) is 0 Å². The predicted octanol–water partition coefficient (Wildman–Crippen LogP) is 10.4. The van der Waals surface area contributed by atoms with Crippen LogP contribution in [0.25, 0.3) is 32.9 Å². The maximum Gasteiger partial charge on any atom is 0.305 e. The average molecular weight is 680 g/mol. The molecule has 0 N–H and O–H groups in total. The third-order valence-corrected chi connectivity index (χ3v) is 16.4. The summed E-state index contributed by atoms with van der Waals surface area (Å²) in [6.45, 7) is 8.05. The van der Waals surface area contributed by atoms with Crippen molar-refractivity contribution >= 4 is 28.4 Å². The molecule has 5 nitrogen and oxygen atoms in total. The van der Waals surface area contributed by atoms with Gasteiger partial charge >= 0.3 is 5.97 Å². The van der Waals surface area contributed by atoms with Crippen molar-refractivity contribution in [3.63, 3.8) is 0 Å². The molecule has 3 aromatic rings. The first kappa shape index (κ1) is 28.9. The van der Waals surface area contributed by atoms with Gasteiger partial charge in [-0.1, -0.05) is 91.0 Å². The largest absolute Gasteiger partial charge is 0.466 e. The molecule has 0 heterocycles. The normalized spacial score (nSPS) is 38.0. The van der Waals surface area contributed by atoms with Gasteiger partial charge < -0.3 is 4.74 Å². The molecular formula is C47H41N3O2. The van der Waals surface area contributed by atoms with Gasteiger partial charge in [0.2, 0.25) is 0 Å². The summed E-state index contributed by atoms with van der Waals surface area (Å²) in [7, 11) is 0. The van der Waals surface area contributed by atoms with Crippen LogP contribution < -0.4 is 0 Å². The molecule has 0 saturated heterocycles. The highest BCUT2D eigenvalue weighted by molar-refractivity contribution is 6.11. The molecule has 0 aromatic heterocycles. The fourth-order valence-electron chi connectivity index (χ4n) is 15.5. The molecule has 10 aliphatic rings. The zero-order valence-corrected chi connectivity index (χ0v) is 29.6. The SMILES string of the molecule is C=C1CC2=CC34C=Cc5cc6c7c8c9c%10c%11c7c5C3([C@H]%11C2C1=C%10C1C9C(C=C[C@H]1C)C[C@H]8C6)C4(CCCC(=O)OCCCN=[N+]=[N-])c1ccccc1. The van der Waals surface area contributed by atoms with Gasteiger partial charge in [0.05, 0.1) is 6.61 Å². The molecule has 7 unspecified atom stereocenters. The van der Waals surface area contributed by atoms with E-state index in [1.807, 2.05) is 0 Å². The topological polar surface area (TPSA) is 75.1 Å². The van der Waals surface area contributed by atoms with Gasteiger partial charge in [0, 0.05) is 46.0 Å². The maximum atomic E-state index is 13.2. The standard InChI is InChI=1S/C47H41N3O2/c1-23-11-12-25-19-27-21-28-20-26-13-15-45-22-29-18-24(2)33-37(29)44-42-40-38(33)32(23)34(25)39(40)35(27)36(28)41(42)43(26)47(44,45)46(45,30-8-4-3-5-9-30)14-6-10-31(51)52-17-7-16-49-50-48/h3-5,8-9,11-13,15,20,22-23,25,27,32,34,37,44H,2,6-7,10,14,16-19,21H2,1H3/t23-,25?,27+,32?,34?,37?,44+,45?,46?,47?/m1/s1. The molecule has 1 spiro atoms. The minimum absolute atomic E-state index is 0.101. The van der Waals surface area contributed by atoms with Crippen molar-refractivity contribution in [1.82, 2.24) is 0 Å². The van der Waals surface area contributed by atoms with Crippen LogP contribution in [0.5, 0.6) is 0 Å². The second kappa shape index (κ2) is 9.12. The molecule has 10 atom stereocenters. The summed E-state index contributed by atoms with van der Waals surface area (Å²) in [6.07, 6.45) is 19.3. The number of allylic oxidation sites excluding steroid dienone is 8. The van der Waals surface area contributed by atoms with Crippen molar-refractivity contribution in [2.24, 2.45) is 34.2 Å². The number of azide groups is 1. The molecular weight excluding hydrogens is 639 g/mol. The molecule has 0 aliphatic heterocycles. The summed E-state index contributed by atoms with van der Waals surface area (Å²) < 4.78 is 5.65. The summed E-state index contributed by atoms with van der Waals surface area (Å²) in [5.74, 6) is 3.55. The van der Waals surface area contributed by atoms with Gasteiger partial charge in [-0.3, -0.25) is 4.79 Å². The zero-order chi connectivity index (χ0) is 34.5. The van der Waals surface area contributed by atoms with Gasteiger partial charge in [0.1, 0.15) is 0 Å². The minimum atomic E-state index is -0.173. The summed E-state index contributed by atoms with van der Waals surface area (Å²) in [4.78, 5) is 16.0. The Morgan fingerprint density at radius 3 is 2.83 bits per heavy atom. The molecule has 0 bridgehead atoms. The van der Waals surface area contributed by atoms with Gasteiger partial charge in [0.15, 0.2) is 0 Å². The summed E-state index contributed by atoms with van der Waals surface area (Å²) >= 11 is 0. The van der Waals surface area contributed by atoms with E-state index in [0.29, 0.717) is 67.4 Å². The lowest BCUT2D eigenvalue weighted by Crippen LogP contribution is -2.36. The fraction of sp³-hybridized carbons (Fsp3) is 0.426. The number of hydrogen-bond donors (Lipinski definition) is 0. The molecule has 256 valence electrons. The Kier molecular flexibility index (Phi) is 5.07. The first-order valence-electron chi connectivity index (χ1n) is 19.9. The molecule has 2 fully saturated rings. The molecule has 3 aromatic carbocycles. The van der Waals surface area contributed by atoms with E-state index in [1.54, 1.807) is 60.9 Å². The Labute approximate surface area is 303 Å². The molecule has 13 rings (SSSR count). The number of nitrogens with zero attached hydrogens (tertiary/aromatic N) is 3. The second-order valence-corrected chi connectivity index (χ2v) is 17.9. The number of esters is 1. The quantitative estimate of drug-likeness (QED) is 0.0564. The first-order chi connectivity index (χ1) is 25.5. The minimum Gasteiger partial charge on any atom is -0.466 e. The Hall–Kier alpha value is -4.60. The van der Waals surface area contributed by atoms with Crippen molar-refractivity contribution < 1.29 is 9.53 Å². The van der Waals surface area contributed by atoms with Crippen LogP contribution in [0, 0.1) is 29.1 Å². The Morgan fingerprint density at radius 2 is 1.96 bits per heavy atom. The predicted molar refractivity (Wildman–Crippen MR) is 203 cm³/mol. The lowest BCUT2D eigenvalue weighted by molar-refractivity contribution is -0.143. The first-order valence-corrected chi connectivity index (χ1v) is 19.9. The lowest BCUT2D eigenvalue weighted by atomic mass is 9.59. The van der Waals surface area contributed by atoms with Crippen LogP contribution in [0.15, 0.2) is 89.1 Å². The van der Waals surface area contributed by atoms with E-state index in [0.717, 1.165) is 19.3 Å². The van der Waals surface area contributed by atoms with Crippen LogP contribution >= 0.6 is 0 Å². The van der Waals surface area contributed by atoms with Crippen LogP contribution in [0.1, 0.15) is 108 Å². The van der Waals surface area contributed by atoms with E-state index >= 15 is 0 Å².